The number of carbonyl (C=O) groups is 1. The predicted octanol–water partition coefficient (Wildman–Crippen LogP) is 3.88. The van der Waals surface area contributed by atoms with Crippen LogP contribution in [0, 0.1) is 12.8 Å². The van der Waals surface area contributed by atoms with Crippen LogP contribution < -0.4 is 0 Å². The number of nitrogens with zero attached hydrogens (tertiary/aromatic N) is 1. The first-order valence-corrected chi connectivity index (χ1v) is 10.9. The number of aryl methyl sites for hydroxylation is 1. The molecule has 6 nitrogen and oxygen atoms in total. The summed E-state index contributed by atoms with van der Waals surface area (Å²) in [6, 6.07) is 6.40. The number of likely N-dealkylation sites (tertiary alicyclic amines) is 1. The molecular formula is C20H29NO5S. The van der Waals surface area contributed by atoms with E-state index in [1.165, 1.54) is 0 Å². The van der Waals surface area contributed by atoms with Crippen LogP contribution in [0.1, 0.15) is 52.0 Å². The fourth-order valence-corrected chi connectivity index (χ4v) is 5.02. The maximum Gasteiger partial charge on any atom is 0.410 e. The molecule has 1 aliphatic heterocycles. The van der Waals surface area contributed by atoms with Gasteiger partial charge in [0.1, 0.15) is 5.60 Å². The maximum absolute atomic E-state index is 12.7. The van der Waals surface area contributed by atoms with Crippen molar-refractivity contribution in [3.63, 3.8) is 0 Å². The minimum absolute atomic E-state index is 0.0392. The summed E-state index contributed by atoms with van der Waals surface area (Å²) < 4.78 is 35.9. The summed E-state index contributed by atoms with van der Waals surface area (Å²) in [7, 11) is -3.85. The van der Waals surface area contributed by atoms with Crippen LogP contribution in [-0.4, -0.2) is 43.7 Å². The first kappa shape index (κ1) is 20.1. The lowest BCUT2D eigenvalue weighted by Crippen LogP contribution is -2.46. The third-order valence-electron chi connectivity index (χ3n) is 5.27. The summed E-state index contributed by atoms with van der Waals surface area (Å²) in [5, 5.41) is 0. The van der Waals surface area contributed by atoms with Crippen LogP contribution in [-0.2, 0) is 19.0 Å². The molecule has 1 aromatic rings. The Morgan fingerprint density at radius 3 is 2.48 bits per heavy atom. The lowest BCUT2D eigenvalue weighted by molar-refractivity contribution is 0.00979. The Morgan fingerprint density at radius 1 is 1.19 bits per heavy atom. The number of hydrogen-bond donors (Lipinski definition) is 0. The highest BCUT2D eigenvalue weighted by atomic mass is 32.2. The molecule has 1 aromatic carbocycles. The molecular weight excluding hydrogens is 366 g/mol. The quantitative estimate of drug-likeness (QED) is 0.724. The van der Waals surface area contributed by atoms with Gasteiger partial charge < -0.3 is 4.74 Å². The zero-order valence-corrected chi connectivity index (χ0v) is 17.3. The Balaban J connectivity index is 1.72. The van der Waals surface area contributed by atoms with E-state index < -0.39 is 15.7 Å². The van der Waals surface area contributed by atoms with E-state index >= 15 is 0 Å². The standard InChI is InChI=1S/C20H29NO5S/c1-14-8-10-17(11-9-14)27(23,24)25-13-16-12-15-6-5-7-18(15)21(16)19(22)26-20(2,3)4/h8-11,15-16,18H,5-7,12-13H2,1-4H3. The summed E-state index contributed by atoms with van der Waals surface area (Å²) in [5.74, 6) is 0.396. The zero-order valence-electron chi connectivity index (χ0n) is 16.5. The van der Waals surface area contributed by atoms with Gasteiger partial charge in [0.05, 0.1) is 17.5 Å². The van der Waals surface area contributed by atoms with Crippen LogP contribution in [0.5, 0.6) is 0 Å². The van der Waals surface area contributed by atoms with E-state index in [-0.39, 0.29) is 29.7 Å². The first-order valence-electron chi connectivity index (χ1n) is 9.54. The molecule has 0 N–H and O–H groups in total. The van der Waals surface area contributed by atoms with E-state index in [0.29, 0.717) is 5.92 Å². The smallest absolute Gasteiger partial charge is 0.410 e. The van der Waals surface area contributed by atoms with Crippen LogP contribution in [0.2, 0.25) is 0 Å². The number of amides is 1. The largest absolute Gasteiger partial charge is 0.444 e. The molecule has 3 rings (SSSR count). The van der Waals surface area contributed by atoms with Gasteiger partial charge in [0.25, 0.3) is 10.1 Å². The maximum atomic E-state index is 12.7. The average Bonchev–Trinajstić information content (AvgIpc) is 3.11. The Hall–Kier alpha value is -1.60. The number of rotatable bonds is 4. The molecule has 27 heavy (non-hydrogen) atoms. The molecule has 2 fully saturated rings. The second-order valence-corrected chi connectivity index (χ2v) is 10.2. The van der Waals surface area contributed by atoms with Crippen LogP contribution in [0.3, 0.4) is 0 Å². The molecule has 1 aliphatic carbocycles. The summed E-state index contributed by atoms with van der Waals surface area (Å²) >= 11 is 0. The third-order valence-corrected chi connectivity index (χ3v) is 6.57. The first-order chi connectivity index (χ1) is 12.6. The molecule has 1 amide bonds. The van der Waals surface area contributed by atoms with E-state index in [1.54, 1.807) is 29.2 Å². The molecule has 150 valence electrons. The van der Waals surface area contributed by atoms with Gasteiger partial charge in [-0.3, -0.25) is 9.08 Å². The van der Waals surface area contributed by atoms with Gasteiger partial charge in [0.15, 0.2) is 0 Å². The summed E-state index contributed by atoms with van der Waals surface area (Å²) in [6.45, 7) is 7.36. The highest BCUT2D eigenvalue weighted by Gasteiger charge is 2.47. The van der Waals surface area contributed by atoms with Gasteiger partial charge >= 0.3 is 6.09 Å². The molecule has 0 bridgehead atoms. The van der Waals surface area contributed by atoms with Crippen molar-refractivity contribution in [2.45, 2.75) is 76.0 Å². The Labute approximate surface area is 162 Å². The SMILES string of the molecule is Cc1ccc(S(=O)(=O)OCC2CC3CCCC3N2C(=O)OC(C)(C)C)cc1. The Morgan fingerprint density at radius 2 is 1.85 bits per heavy atom. The predicted molar refractivity (Wildman–Crippen MR) is 102 cm³/mol. The summed E-state index contributed by atoms with van der Waals surface area (Å²) in [4.78, 5) is 14.6. The Kier molecular flexibility index (Phi) is 5.54. The highest BCUT2D eigenvalue weighted by molar-refractivity contribution is 7.86. The van der Waals surface area contributed by atoms with Crippen molar-refractivity contribution < 1.29 is 22.1 Å². The molecule has 1 heterocycles. The zero-order chi connectivity index (χ0) is 19.8. The van der Waals surface area contributed by atoms with Crippen LogP contribution >= 0.6 is 0 Å². The van der Waals surface area contributed by atoms with Crippen LogP contribution in [0.15, 0.2) is 29.2 Å². The highest BCUT2D eigenvalue weighted by Crippen LogP contribution is 2.42. The van der Waals surface area contributed by atoms with Gasteiger partial charge in [-0.15, -0.1) is 0 Å². The van der Waals surface area contributed by atoms with Gasteiger partial charge in [-0.1, -0.05) is 24.1 Å². The average molecular weight is 396 g/mol. The minimum Gasteiger partial charge on any atom is -0.444 e. The summed E-state index contributed by atoms with van der Waals surface area (Å²) in [5.41, 5.74) is 0.390. The van der Waals surface area contributed by atoms with Crippen LogP contribution in [0.25, 0.3) is 0 Å². The number of ether oxygens (including phenoxy) is 1. The molecule has 1 saturated carbocycles. The molecule has 0 aromatic heterocycles. The van der Waals surface area contributed by atoms with Gasteiger partial charge in [0.2, 0.25) is 0 Å². The monoisotopic (exact) mass is 395 g/mol. The minimum atomic E-state index is -3.85. The van der Waals surface area contributed by atoms with Crippen molar-refractivity contribution in [1.82, 2.24) is 4.90 Å². The van der Waals surface area contributed by atoms with E-state index in [1.807, 2.05) is 27.7 Å². The lowest BCUT2D eigenvalue weighted by atomic mass is 10.0. The van der Waals surface area contributed by atoms with Gasteiger partial charge in [-0.25, -0.2) is 4.79 Å². The molecule has 3 unspecified atom stereocenters. The van der Waals surface area contributed by atoms with Crippen molar-refractivity contribution in [3.05, 3.63) is 29.8 Å². The second kappa shape index (κ2) is 7.43. The molecule has 0 radical (unpaired) electrons. The molecule has 2 aliphatic rings. The number of fused-ring (bicyclic) bond motifs is 1. The molecule has 7 heteroatoms. The lowest BCUT2D eigenvalue weighted by Gasteiger charge is -2.32. The van der Waals surface area contributed by atoms with E-state index in [9.17, 15) is 13.2 Å². The topological polar surface area (TPSA) is 72.9 Å². The number of benzene rings is 1. The van der Waals surface area contributed by atoms with E-state index in [4.69, 9.17) is 8.92 Å². The molecule has 1 saturated heterocycles. The normalized spacial score (nSPS) is 25.5. The van der Waals surface area contributed by atoms with Crippen LogP contribution in [0.4, 0.5) is 4.79 Å². The van der Waals surface area contributed by atoms with E-state index in [2.05, 4.69) is 0 Å². The fraction of sp³-hybridized carbons (Fsp3) is 0.650. The number of carbonyl (C=O) groups excluding carboxylic acids is 1. The number of hydrogen-bond acceptors (Lipinski definition) is 5. The van der Waals surface area contributed by atoms with Gasteiger partial charge in [-0.2, -0.15) is 8.42 Å². The van der Waals surface area contributed by atoms with Crippen molar-refractivity contribution >= 4 is 16.2 Å². The molecule has 0 spiro atoms. The van der Waals surface area contributed by atoms with Gasteiger partial charge in [0, 0.05) is 6.04 Å². The molecule has 3 atom stereocenters. The second-order valence-electron chi connectivity index (χ2n) is 8.59. The van der Waals surface area contributed by atoms with Crippen molar-refractivity contribution in [2.75, 3.05) is 6.61 Å². The van der Waals surface area contributed by atoms with Crippen molar-refractivity contribution in [1.29, 1.82) is 0 Å². The summed E-state index contributed by atoms with van der Waals surface area (Å²) in [6.07, 6.45) is 3.46. The third kappa shape index (κ3) is 4.63. The van der Waals surface area contributed by atoms with Crippen molar-refractivity contribution in [3.8, 4) is 0 Å². The van der Waals surface area contributed by atoms with E-state index in [0.717, 1.165) is 31.2 Å². The van der Waals surface area contributed by atoms with Gasteiger partial charge in [-0.05, 0) is 65.0 Å². The Bertz CT molecular complexity index is 782. The fourth-order valence-electron chi connectivity index (χ4n) is 4.08. The van der Waals surface area contributed by atoms with Crippen molar-refractivity contribution in [2.24, 2.45) is 5.92 Å².